The molecule has 1 aromatic rings. The number of carboxylic acids is 1. The Hall–Kier alpha value is -4.29. The number of thioether (sulfide) groups is 1. The lowest BCUT2D eigenvalue weighted by molar-refractivity contribution is -0.314. The number of β-lactam (4-membered cyclic amide) rings is 1. The van der Waals surface area contributed by atoms with Crippen LogP contribution in [0.25, 0.3) is 0 Å². The number of fused-ring (bicyclic) bond motifs is 1. The molecule has 26 heteroatoms. The number of ether oxygens (including phenoxy) is 4. The topological polar surface area (TPSA) is 421 Å². The van der Waals surface area contributed by atoms with Gasteiger partial charge in [-0.05, 0) is 33.4 Å². The molecule has 63 heavy (non-hydrogen) atoms. The first-order valence-electron chi connectivity index (χ1n) is 19.8. The molecule has 0 bridgehead atoms. The molecule has 2 amide bonds. The van der Waals surface area contributed by atoms with Crippen molar-refractivity contribution in [3.8, 4) is 0 Å². The molecule has 18 atom stereocenters. The van der Waals surface area contributed by atoms with Gasteiger partial charge < -0.3 is 97.9 Å². The molecule has 25 nitrogen and oxygen atoms in total. The van der Waals surface area contributed by atoms with Gasteiger partial charge >= 0.3 is 5.97 Å². The summed E-state index contributed by atoms with van der Waals surface area (Å²) in [4.78, 5) is 53.1. The number of aldehydes is 1. The Balaban J connectivity index is 0.000000274. The van der Waals surface area contributed by atoms with Gasteiger partial charge in [0.15, 0.2) is 36.4 Å². The fourth-order valence-electron chi connectivity index (χ4n) is 8.28. The third kappa shape index (κ3) is 10.0. The van der Waals surface area contributed by atoms with Gasteiger partial charge in [-0.2, -0.15) is 0 Å². The van der Waals surface area contributed by atoms with Crippen molar-refractivity contribution in [2.24, 2.45) is 22.2 Å². The number of aliphatic hydroxyl groups excluding tert-OH is 6. The van der Waals surface area contributed by atoms with Crippen molar-refractivity contribution in [3.05, 3.63) is 35.9 Å². The van der Waals surface area contributed by atoms with Crippen molar-refractivity contribution in [3.63, 3.8) is 0 Å². The van der Waals surface area contributed by atoms with E-state index in [2.05, 4.69) is 20.9 Å². The number of carbonyl (C=O) groups excluding carboxylic acids is 3. The van der Waals surface area contributed by atoms with E-state index in [0.717, 1.165) is 5.56 Å². The molecule has 0 unspecified atom stereocenters. The second kappa shape index (κ2) is 19.8. The number of rotatable bonds is 13. The van der Waals surface area contributed by atoms with Crippen molar-refractivity contribution in [1.82, 2.24) is 20.9 Å². The molecule has 5 aliphatic rings. The van der Waals surface area contributed by atoms with Crippen LogP contribution in [0.2, 0.25) is 0 Å². The molecule has 4 saturated heterocycles. The van der Waals surface area contributed by atoms with E-state index in [-0.39, 0.29) is 29.9 Å². The number of nitrogens with zero attached hydrogens (tertiary/aromatic N) is 2. The van der Waals surface area contributed by atoms with E-state index in [1.807, 2.05) is 44.2 Å². The minimum absolute atomic E-state index is 0.138. The first-order valence-corrected chi connectivity index (χ1v) is 20.6. The summed E-state index contributed by atoms with van der Waals surface area (Å²) in [6, 6.07) is 3.77. The lowest BCUT2D eigenvalue weighted by atomic mass is 9.81. The van der Waals surface area contributed by atoms with Crippen LogP contribution >= 0.6 is 11.8 Å². The second-order valence-electron chi connectivity index (χ2n) is 16.2. The van der Waals surface area contributed by atoms with Crippen molar-refractivity contribution >= 4 is 47.8 Å². The number of carboxylic acid groups (broad SMARTS) is 1. The lowest BCUT2D eigenvalue weighted by Gasteiger charge is -2.46. The average Bonchev–Trinajstić information content (AvgIpc) is 3.62. The van der Waals surface area contributed by atoms with Crippen molar-refractivity contribution in [1.29, 1.82) is 5.41 Å². The molecule has 0 aromatic heterocycles. The molecule has 5 fully saturated rings. The van der Waals surface area contributed by atoms with Crippen LogP contribution in [0.3, 0.4) is 0 Å². The van der Waals surface area contributed by atoms with Crippen LogP contribution in [0.4, 0.5) is 0 Å². The normalized spacial score (nSPS) is 40.3. The summed E-state index contributed by atoms with van der Waals surface area (Å²) in [7, 11) is 1.42. The SMILES string of the molecule is CC1(C)S[C@@H]2[C@H](NC(=O)Cc3ccccc3)C(=O)N2[C@H]1C(=O)O.CN[C@@H]1[C@H](O[C@H]2[C@H](O[C@H]3[C@H](O)[C@@H](O)[C@H](NC(=N)N)[C@@H](O)[C@@H]3N=C(N)N)O[C@@H](C)[C@]2(O)C=O)O[C@@H](CO)[C@H](O)[C@H]1O. The zero-order valence-electron chi connectivity index (χ0n) is 34.6. The van der Waals surface area contributed by atoms with Crippen LogP contribution in [-0.2, 0) is 44.5 Å². The van der Waals surface area contributed by atoms with E-state index in [0.29, 0.717) is 0 Å². The molecule has 1 aliphatic carbocycles. The monoisotopic (exact) mass is 915 g/mol. The minimum atomic E-state index is -2.39. The van der Waals surface area contributed by atoms with E-state index in [1.165, 1.54) is 30.6 Å². The molecule has 352 valence electrons. The number of guanidine groups is 2. The summed E-state index contributed by atoms with van der Waals surface area (Å²) in [5.74, 6) is -2.72. The van der Waals surface area contributed by atoms with Crippen molar-refractivity contribution in [2.75, 3.05) is 13.7 Å². The Morgan fingerprint density at radius 2 is 1.60 bits per heavy atom. The van der Waals surface area contributed by atoms with Gasteiger partial charge in [-0.1, -0.05) is 30.3 Å². The third-order valence-electron chi connectivity index (χ3n) is 11.6. The van der Waals surface area contributed by atoms with Gasteiger partial charge in [0.25, 0.3) is 0 Å². The highest BCUT2D eigenvalue weighted by Gasteiger charge is 2.64. The maximum absolute atomic E-state index is 12.3. The number of aliphatic carboxylic acids is 1. The van der Waals surface area contributed by atoms with Crippen LogP contribution in [0.15, 0.2) is 35.3 Å². The van der Waals surface area contributed by atoms with Gasteiger partial charge in [0, 0.05) is 4.75 Å². The van der Waals surface area contributed by atoms with Crippen LogP contribution in [0.5, 0.6) is 0 Å². The summed E-state index contributed by atoms with van der Waals surface area (Å²) in [6.07, 6.45) is -17.1. The number of aliphatic imine (C=N–C) groups is 1. The number of hydrogen-bond acceptors (Lipinski definition) is 19. The molecule has 0 radical (unpaired) electrons. The van der Waals surface area contributed by atoms with Crippen LogP contribution in [0.1, 0.15) is 26.3 Å². The summed E-state index contributed by atoms with van der Waals surface area (Å²) >= 11 is 1.42. The van der Waals surface area contributed by atoms with E-state index in [1.54, 1.807) is 0 Å². The van der Waals surface area contributed by atoms with Gasteiger partial charge in [0.2, 0.25) is 11.8 Å². The Bertz CT molecular complexity index is 1850. The van der Waals surface area contributed by atoms with Gasteiger partial charge in [-0.3, -0.25) is 19.8 Å². The van der Waals surface area contributed by atoms with Gasteiger partial charge in [-0.15, -0.1) is 11.8 Å². The number of amides is 2. The van der Waals surface area contributed by atoms with E-state index in [9.17, 15) is 60.0 Å². The smallest absolute Gasteiger partial charge is 0.327 e. The number of aliphatic hydroxyl groups is 7. The molecule has 6 rings (SSSR count). The van der Waals surface area contributed by atoms with Crippen LogP contribution in [0, 0.1) is 5.41 Å². The highest BCUT2D eigenvalue weighted by atomic mass is 32.2. The van der Waals surface area contributed by atoms with E-state index in [4.69, 9.17) is 41.6 Å². The van der Waals surface area contributed by atoms with Crippen molar-refractivity contribution < 1.29 is 79.0 Å². The highest BCUT2D eigenvalue weighted by Crippen LogP contribution is 2.50. The quantitative estimate of drug-likeness (QED) is 0.0378. The Morgan fingerprint density at radius 3 is 2.16 bits per heavy atom. The maximum Gasteiger partial charge on any atom is 0.327 e. The summed E-state index contributed by atoms with van der Waals surface area (Å²) in [5.41, 5.74) is 14.8. The maximum atomic E-state index is 12.3. The fraction of sp³-hybridized carbons (Fsp3) is 0.676. The molecule has 0 spiro atoms. The van der Waals surface area contributed by atoms with Gasteiger partial charge in [-0.25, -0.2) is 9.79 Å². The summed E-state index contributed by atoms with van der Waals surface area (Å²) in [5, 5.41) is 98.2. The van der Waals surface area contributed by atoms with E-state index >= 15 is 0 Å². The van der Waals surface area contributed by atoms with E-state index < -0.39 is 133 Å². The number of benzene rings is 1. The zero-order chi connectivity index (χ0) is 46.9. The predicted octanol–water partition coefficient (Wildman–Crippen LogP) is -7.09. The standard InChI is InChI=1S/C21H39N7O12.C16H18N2O4S/c1-5-21(36,4-30)16(40-17-9(26-2)13(34)10(31)6(3-29)38-17)18(37-5)39-15-8(28-20(24)25)11(32)7(27-19(22)23)12(33)14(15)35;1-16(2)12(15(21)22)18-13(20)11(14(18)23-16)17-10(19)8-9-6-4-3-5-7-9/h4-18,26,29,31-36H,3H2,1-2H3,(H4,22,23,27)(H4,24,25,28);3-7,11-12,14H,8H2,1-2H3,(H,17,19)(H,21,22)/t5-,6-,7+,8-,9-,10-,11+,12-,13-,14+,15+,16-,17-,18-,21+;11-,12+,14-/m01/s1. The van der Waals surface area contributed by atoms with Crippen LogP contribution in [-0.4, -0.2) is 209 Å². The zero-order valence-corrected chi connectivity index (χ0v) is 35.4. The number of carbonyl (C=O) groups is 4. The highest BCUT2D eigenvalue weighted by molar-refractivity contribution is 8.01. The first-order chi connectivity index (χ1) is 29.5. The molecular formula is C37H57N9O16S. The molecule has 1 aromatic carbocycles. The molecular weight excluding hydrogens is 859 g/mol. The Labute approximate surface area is 364 Å². The molecule has 18 N–H and O–H groups in total. The number of nitrogens with two attached hydrogens (primary N) is 3. The Morgan fingerprint density at radius 1 is 0.968 bits per heavy atom. The molecule has 4 heterocycles. The summed E-state index contributed by atoms with van der Waals surface area (Å²) in [6.45, 7) is 4.24. The number of hydrogen-bond donors (Lipinski definition) is 15. The van der Waals surface area contributed by atoms with Crippen molar-refractivity contribution in [2.45, 2.75) is 141 Å². The van der Waals surface area contributed by atoms with Crippen LogP contribution < -0.4 is 33.2 Å². The largest absolute Gasteiger partial charge is 0.480 e. The number of likely N-dealkylation sites (N-methyl/N-ethyl adjacent to an activating group) is 1. The number of nitrogens with one attached hydrogen (secondary N) is 4. The lowest BCUT2D eigenvalue weighted by Crippen LogP contribution is -2.70. The van der Waals surface area contributed by atoms with Gasteiger partial charge in [0.05, 0.1) is 31.2 Å². The second-order valence-corrected chi connectivity index (χ2v) is 18.0. The molecule has 4 aliphatic heterocycles. The van der Waals surface area contributed by atoms with Gasteiger partial charge in [0.1, 0.15) is 72.3 Å². The third-order valence-corrected chi connectivity index (χ3v) is 13.2. The summed E-state index contributed by atoms with van der Waals surface area (Å²) < 4.78 is 22.4. The predicted molar refractivity (Wildman–Crippen MR) is 218 cm³/mol. The first kappa shape index (κ1) is 49.7. The fourth-order valence-corrected chi connectivity index (χ4v) is 9.90. The Kier molecular flexibility index (Phi) is 15.7. The minimum Gasteiger partial charge on any atom is -0.480 e. The molecule has 1 saturated carbocycles. The average molecular weight is 916 g/mol.